The molecule has 1 rings (SSSR count). The van der Waals surface area contributed by atoms with Crippen LogP contribution in [0.5, 0.6) is 0 Å². The Labute approximate surface area is 121 Å². The summed E-state index contributed by atoms with van der Waals surface area (Å²) in [7, 11) is -1.45. The molecule has 0 fully saturated rings. The van der Waals surface area contributed by atoms with E-state index in [1.807, 2.05) is 12.1 Å². The number of methoxy groups -OCH3 is 1. The molecule has 1 aromatic rings. The van der Waals surface area contributed by atoms with E-state index in [9.17, 15) is 8.42 Å². The minimum Gasteiger partial charge on any atom is -0.383 e. The van der Waals surface area contributed by atoms with Gasteiger partial charge in [-0.25, -0.2) is 8.42 Å². The Morgan fingerprint density at radius 2 is 1.95 bits per heavy atom. The predicted molar refractivity (Wildman–Crippen MR) is 80.3 cm³/mol. The van der Waals surface area contributed by atoms with E-state index in [4.69, 9.17) is 10.5 Å². The molecule has 0 amide bonds. The summed E-state index contributed by atoms with van der Waals surface area (Å²) >= 11 is 0. The largest absolute Gasteiger partial charge is 0.383 e. The zero-order valence-corrected chi connectivity index (χ0v) is 12.9. The van der Waals surface area contributed by atoms with Crippen LogP contribution in [-0.2, 0) is 21.1 Å². The van der Waals surface area contributed by atoms with E-state index >= 15 is 0 Å². The van der Waals surface area contributed by atoms with Gasteiger partial charge in [-0.1, -0.05) is 12.1 Å². The Bertz CT molecular complexity index is 486. The molecule has 0 bridgehead atoms. The smallest absolute Gasteiger partial charge is 0.175 e. The summed E-state index contributed by atoms with van der Waals surface area (Å²) in [5, 5.41) is 3.40. The lowest BCUT2D eigenvalue weighted by atomic mass is 10.1. The highest BCUT2D eigenvalue weighted by Gasteiger charge is 2.09. The second kappa shape index (κ2) is 8.36. The normalized spacial score (nSPS) is 13.3. The molecule has 1 unspecified atom stereocenters. The first kappa shape index (κ1) is 17.1. The molecule has 0 saturated heterocycles. The molecule has 0 aliphatic carbocycles. The third-order valence-corrected chi connectivity index (χ3v) is 4.20. The molecule has 0 aliphatic rings. The molecule has 0 aliphatic heterocycles. The number of nitrogens with two attached hydrogens (primary N) is 1. The van der Waals surface area contributed by atoms with E-state index in [-0.39, 0.29) is 6.04 Å². The monoisotopic (exact) mass is 300 g/mol. The number of hydrogen-bond donors (Lipinski definition) is 2. The van der Waals surface area contributed by atoms with Crippen molar-refractivity contribution < 1.29 is 13.2 Å². The van der Waals surface area contributed by atoms with E-state index < -0.39 is 9.84 Å². The van der Waals surface area contributed by atoms with Crippen molar-refractivity contribution >= 4 is 9.84 Å². The van der Waals surface area contributed by atoms with Gasteiger partial charge >= 0.3 is 0 Å². The molecule has 1 aromatic carbocycles. The van der Waals surface area contributed by atoms with Crippen molar-refractivity contribution in [2.75, 3.05) is 26.5 Å². The first-order chi connectivity index (χ1) is 9.47. The van der Waals surface area contributed by atoms with E-state index in [2.05, 4.69) is 5.32 Å². The fourth-order valence-corrected chi connectivity index (χ4v) is 2.56. The second-order valence-electron chi connectivity index (χ2n) is 4.88. The van der Waals surface area contributed by atoms with Crippen molar-refractivity contribution in [1.82, 2.24) is 5.32 Å². The summed E-state index contributed by atoms with van der Waals surface area (Å²) in [6.07, 6.45) is 3.13. The zero-order chi connectivity index (χ0) is 15.0. The Hall–Kier alpha value is -0.950. The second-order valence-corrected chi connectivity index (χ2v) is 6.90. The molecule has 0 saturated carbocycles. The third kappa shape index (κ3) is 6.00. The molecule has 0 aromatic heterocycles. The van der Waals surface area contributed by atoms with Crippen LogP contribution in [0.1, 0.15) is 18.4 Å². The van der Waals surface area contributed by atoms with Crippen LogP contribution in [0.25, 0.3) is 0 Å². The van der Waals surface area contributed by atoms with Gasteiger partial charge in [0.1, 0.15) is 0 Å². The van der Waals surface area contributed by atoms with E-state index in [1.54, 1.807) is 19.2 Å². The van der Waals surface area contributed by atoms with Crippen molar-refractivity contribution in [2.45, 2.75) is 30.3 Å². The first-order valence-corrected chi connectivity index (χ1v) is 8.58. The van der Waals surface area contributed by atoms with Gasteiger partial charge in [-0.2, -0.15) is 0 Å². The van der Waals surface area contributed by atoms with Crippen molar-refractivity contribution in [3.8, 4) is 0 Å². The molecule has 0 radical (unpaired) electrons. The van der Waals surface area contributed by atoms with Gasteiger partial charge in [0.15, 0.2) is 9.84 Å². The summed E-state index contributed by atoms with van der Waals surface area (Å²) in [4.78, 5) is 0.345. The Morgan fingerprint density at radius 1 is 1.30 bits per heavy atom. The summed E-state index contributed by atoms with van der Waals surface area (Å²) in [5.41, 5.74) is 6.56. The predicted octanol–water partition coefficient (Wildman–Crippen LogP) is 0.934. The van der Waals surface area contributed by atoms with E-state index in [0.717, 1.165) is 18.4 Å². The summed E-state index contributed by atoms with van der Waals surface area (Å²) < 4.78 is 27.9. The number of nitrogens with one attached hydrogen (secondary N) is 1. The molecule has 1 atom stereocenters. The van der Waals surface area contributed by atoms with Crippen LogP contribution >= 0.6 is 0 Å². The zero-order valence-electron chi connectivity index (χ0n) is 12.1. The number of ether oxygens (including phenoxy) is 1. The molecule has 5 nitrogen and oxygen atoms in total. The molecule has 20 heavy (non-hydrogen) atoms. The summed E-state index contributed by atoms with van der Waals surface area (Å²) in [5.74, 6) is 0. The lowest BCUT2D eigenvalue weighted by Gasteiger charge is -2.17. The van der Waals surface area contributed by atoms with Crippen LogP contribution in [0, 0.1) is 0 Å². The molecular formula is C14H24N2O3S. The number of sulfone groups is 1. The average molecular weight is 300 g/mol. The first-order valence-electron chi connectivity index (χ1n) is 6.68. The van der Waals surface area contributed by atoms with Gasteiger partial charge in [-0.3, -0.25) is 0 Å². The summed E-state index contributed by atoms with van der Waals surface area (Å²) in [6, 6.07) is 7.19. The fourth-order valence-electron chi connectivity index (χ4n) is 1.93. The SMILES string of the molecule is COCC(CCCN)NCc1ccc(S(C)(=O)=O)cc1. The lowest BCUT2D eigenvalue weighted by Crippen LogP contribution is -2.33. The van der Waals surface area contributed by atoms with Gasteiger partial charge in [-0.15, -0.1) is 0 Å². The van der Waals surface area contributed by atoms with Gasteiger partial charge in [0.05, 0.1) is 11.5 Å². The molecular weight excluding hydrogens is 276 g/mol. The highest BCUT2D eigenvalue weighted by molar-refractivity contribution is 7.90. The number of hydrogen-bond acceptors (Lipinski definition) is 5. The molecule has 0 heterocycles. The number of benzene rings is 1. The van der Waals surface area contributed by atoms with Gasteiger partial charge < -0.3 is 15.8 Å². The molecule has 6 heteroatoms. The standard InChI is InChI=1S/C14H24N2O3S/c1-19-11-13(4-3-9-15)16-10-12-5-7-14(8-6-12)20(2,17)18/h5-8,13,16H,3-4,9-11,15H2,1-2H3. The van der Waals surface area contributed by atoms with Crippen molar-refractivity contribution in [3.63, 3.8) is 0 Å². The quantitative estimate of drug-likeness (QED) is 0.709. The Balaban J connectivity index is 2.55. The van der Waals surface area contributed by atoms with Crippen LogP contribution < -0.4 is 11.1 Å². The van der Waals surface area contributed by atoms with Crippen LogP contribution in [0.3, 0.4) is 0 Å². The highest BCUT2D eigenvalue weighted by Crippen LogP contribution is 2.10. The van der Waals surface area contributed by atoms with E-state index in [1.165, 1.54) is 6.26 Å². The van der Waals surface area contributed by atoms with Crippen molar-refractivity contribution in [1.29, 1.82) is 0 Å². The molecule has 114 valence electrons. The fraction of sp³-hybridized carbons (Fsp3) is 0.571. The Morgan fingerprint density at radius 3 is 2.45 bits per heavy atom. The van der Waals surface area contributed by atoms with Gasteiger partial charge in [0, 0.05) is 26.0 Å². The highest BCUT2D eigenvalue weighted by atomic mass is 32.2. The van der Waals surface area contributed by atoms with Crippen LogP contribution in [0.15, 0.2) is 29.2 Å². The van der Waals surface area contributed by atoms with Crippen molar-refractivity contribution in [2.24, 2.45) is 5.73 Å². The van der Waals surface area contributed by atoms with Gasteiger partial charge in [-0.05, 0) is 37.1 Å². The molecule has 0 spiro atoms. The minimum absolute atomic E-state index is 0.262. The third-order valence-electron chi connectivity index (χ3n) is 3.07. The number of rotatable bonds is 9. The van der Waals surface area contributed by atoms with Gasteiger partial charge in [0.2, 0.25) is 0 Å². The maximum Gasteiger partial charge on any atom is 0.175 e. The summed E-state index contributed by atoms with van der Waals surface area (Å²) in [6.45, 7) is 2.00. The minimum atomic E-state index is -3.13. The average Bonchev–Trinajstić information content (AvgIpc) is 2.41. The maximum atomic E-state index is 11.4. The van der Waals surface area contributed by atoms with Crippen molar-refractivity contribution in [3.05, 3.63) is 29.8 Å². The van der Waals surface area contributed by atoms with E-state index in [0.29, 0.717) is 24.6 Å². The Kier molecular flexibility index (Phi) is 7.15. The maximum absolute atomic E-state index is 11.4. The van der Waals surface area contributed by atoms with Crippen LogP contribution in [0.4, 0.5) is 0 Å². The lowest BCUT2D eigenvalue weighted by molar-refractivity contribution is 0.161. The van der Waals surface area contributed by atoms with Crippen LogP contribution in [-0.4, -0.2) is 41.0 Å². The van der Waals surface area contributed by atoms with Gasteiger partial charge in [0.25, 0.3) is 0 Å². The topological polar surface area (TPSA) is 81.4 Å². The van der Waals surface area contributed by atoms with Crippen LogP contribution in [0.2, 0.25) is 0 Å². The molecule has 3 N–H and O–H groups in total.